The molecule has 7 nitrogen and oxygen atoms in total. The molecule has 0 unspecified atom stereocenters. The summed E-state index contributed by atoms with van der Waals surface area (Å²) in [5.41, 5.74) is 2.85. The van der Waals surface area contributed by atoms with Crippen molar-refractivity contribution in [2.45, 2.75) is 51.9 Å². The van der Waals surface area contributed by atoms with E-state index in [2.05, 4.69) is 40.2 Å². The van der Waals surface area contributed by atoms with Crippen LogP contribution >= 0.6 is 11.3 Å². The highest BCUT2D eigenvalue weighted by atomic mass is 32.1. The predicted octanol–water partition coefficient (Wildman–Crippen LogP) is 4.91. The van der Waals surface area contributed by atoms with E-state index >= 15 is 0 Å². The number of aryl methyl sites for hydroxylation is 1. The number of hydrogen-bond acceptors (Lipinski definition) is 7. The molecule has 1 aliphatic carbocycles. The molecule has 0 radical (unpaired) electrons. The van der Waals surface area contributed by atoms with Gasteiger partial charge in [-0.25, -0.2) is 4.99 Å². The average molecular weight is 506 g/mol. The van der Waals surface area contributed by atoms with Gasteiger partial charge in [0.1, 0.15) is 10.8 Å². The Bertz CT molecular complexity index is 1190. The standard InChI is InChI=1S/C28H35N5O2S/c1-20-18-21-25(29-22-8-3-4-9-23(22)30-26(21)36-20)32-16-14-31(15-17-32)12-7-13-33-24(34)19-28(27(33)35)10-5-2-6-11-28/h3-4,8-9,18,30H,2,5-7,10-17,19H2,1H3. The molecule has 3 fully saturated rings. The van der Waals surface area contributed by atoms with E-state index in [1.165, 1.54) is 16.9 Å². The molecule has 4 aliphatic rings. The van der Waals surface area contributed by atoms with Gasteiger partial charge >= 0.3 is 0 Å². The molecule has 3 aliphatic heterocycles. The molecule has 4 heterocycles. The van der Waals surface area contributed by atoms with Gasteiger partial charge in [-0.15, -0.1) is 11.3 Å². The number of likely N-dealkylation sites (tertiary alicyclic amines) is 1. The van der Waals surface area contributed by atoms with Gasteiger partial charge in [0.15, 0.2) is 0 Å². The number of rotatable bonds is 4. The van der Waals surface area contributed by atoms with Crippen LogP contribution in [0.5, 0.6) is 0 Å². The van der Waals surface area contributed by atoms with Crippen molar-refractivity contribution in [1.29, 1.82) is 0 Å². The molecule has 1 N–H and O–H groups in total. The van der Waals surface area contributed by atoms with Crippen LogP contribution in [0.2, 0.25) is 0 Å². The van der Waals surface area contributed by atoms with Crippen molar-refractivity contribution in [3.63, 3.8) is 0 Å². The number of fused-ring (bicyclic) bond motifs is 2. The Labute approximate surface area is 217 Å². The zero-order chi connectivity index (χ0) is 24.7. The smallest absolute Gasteiger partial charge is 0.235 e. The molecule has 6 rings (SSSR count). The van der Waals surface area contributed by atoms with Gasteiger partial charge in [-0.1, -0.05) is 31.4 Å². The third-order valence-corrected chi connectivity index (χ3v) is 9.27. The molecule has 1 saturated carbocycles. The minimum Gasteiger partial charge on any atom is -0.353 e. The monoisotopic (exact) mass is 505 g/mol. The molecular formula is C28H35N5O2S. The Morgan fingerprint density at radius 2 is 1.81 bits per heavy atom. The highest BCUT2D eigenvalue weighted by Gasteiger charge is 2.51. The Balaban J connectivity index is 1.06. The number of benzene rings is 1. The fraction of sp³-hybridized carbons (Fsp3) is 0.536. The molecule has 8 heteroatoms. The summed E-state index contributed by atoms with van der Waals surface area (Å²) in [4.78, 5) is 38.5. The van der Waals surface area contributed by atoms with Gasteiger partial charge in [-0.2, -0.15) is 0 Å². The maximum Gasteiger partial charge on any atom is 0.235 e. The second kappa shape index (κ2) is 9.63. The van der Waals surface area contributed by atoms with Crippen LogP contribution in [0.4, 0.5) is 16.4 Å². The lowest BCUT2D eigenvalue weighted by Gasteiger charge is -2.36. The van der Waals surface area contributed by atoms with E-state index in [9.17, 15) is 9.59 Å². The van der Waals surface area contributed by atoms with Crippen LogP contribution in [0.25, 0.3) is 0 Å². The van der Waals surface area contributed by atoms with Crippen LogP contribution in [-0.4, -0.2) is 71.6 Å². The van der Waals surface area contributed by atoms with Gasteiger partial charge in [0.25, 0.3) is 0 Å². The van der Waals surface area contributed by atoms with Crippen molar-refractivity contribution in [3.05, 3.63) is 40.8 Å². The zero-order valence-electron chi connectivity index (χ0n) is 21.1. The third kappa shape index (κ3) is 4.34. The molecule has 36 heavy (non-hydrogen) atoms. The first-order valence-corrected chi connectivity index (χ1v) is 14.2. The lowest BCUT2D eigenvalue weighted by atomic mass is 9.73. The van der Waals surface area contributed by atoms with Gasteiger partial charge in [0.2, 0.25) is 11.8 Å². The normalized spacial score (nSPS) is 21.8. The highest BCUT2D eigenvalue weighted by molar-refractivity contribution is 7.16. The van der Waals surface area contributed by atoms with Crippen molar-refractivity contribution in [2.24, 2.45) is 10.4 Å². The van der Waals surface area contributed by atoms with Gasteiger partial charge < -0.3 is 10.2 Å². The van der Waals surface area contributed by atoms with Crippen LogP contribution in [-0.2, 0) is 9.59 Å². The predicted molar refractivity (Wildman–Crippen MR) is 144 cm³/mol. The van der Waals surface area contributed by atoms with E-state index in [1.54, 1.807) is 16.2 Å². The van der Waals surface area contributed by atoms with Gasteiger partial charge in [0, 0.05) is 44.0 Å². The third-order valence-electron chi connectivity index (χ3n) is 8.30. The number of nitrogens with zero attached hydrogens (tertiary/aromatic N) is 4. The number of amidine groups is 1. The first-order valence-electron chi connectivity index (χ1n) is 13.4. The van der Waals surface area contributed by atoms with Crippen LogP contribution in [0, 0.1) is 12.3 Å². The van der Waals surface area contributed by atoms with Crippen molar-refractivity contribution in [2.75, 3.05) is 44.6 Å². The van der Waals surface area contributed by atoms with Crippen LogP contribution in [0.1, 0.15) is 55.4 Å². The van der Waals surface area contributed by atoms with Crippen molar-refractivity contribution in [1.82, 2.24) is 14.7 Å². The lowest BCUT2D eigenvalue weighted by molar-refractivity contribution is -0.142. The maximum absolute atomic E-state index is 13.1. The number of amides is 2. The van der Waals surface area contributed by atoms with E-state index in [0.717, 1.165) is 87.0 Å². The SMILES string of the molecule is Cc1cc2c(s1)Nc1ccccc1N=C2N1CCN(CCCN2C(=O)CC3(CCCCC3)C2=O)CC1. The van der Waals surface area contributed by atoms with Gasteiger partial charge in [0.05, 0.1) is 22.4 Å². The largest absolute Gasteiger partial charge is 0.353 e. The molecule has 2 aromatic rings. The van der Waals surface area contributed by atoms with E-state index in [4.69, 9.17) is 4.99 Å². The molecule has 1 spiro atoms. The number of aliphatic imine (C=N–C) groups is 1. The number of para-hydroxylation sites is 2. The number of piperazine rings is 1. The number of carbonyl (C=O) groups is 2. The summed E-state index contributed by atoms with van der Waals surface area (Å²) in [7, 11) is 0. The molecule has 1 aromatic carbocycles. The number of anilines is 2. The summed E-state index contributed by atoms with van der Waals surface area (Å²) in [5.74, 6) is 1.21. The summed E-state index contributed by atoms with van der Waals surface area (Å²) < 4.78 is 0. The molecular weight excluding hydrogens is 470 g/mol. The van der Waals surface area contributed by atoms with Crippen molar-refractivity contribution in [3.8, 4) is 0 Å². The molecule has 190 valence electrons. The quantitative estimate of drug-likeness (QED) is 0.598. The second-order valence-corrected chi connectivity index (χ2v) is 12.0. The maximum atomic E-state index is 13.1. The highest BCUT2D eigenvalue weighted by Crippen LogP contribution is 2.45. The summed E-state index contributed by atoms with van der Waals surface area (Å²) in [5, 5.41) is 4.75. The topological polar surface area (TPSA) is 68.2 Å². The van der Waals surface area contributed by atoms with Gasteiger partial charge in [-0.05, 0) is 50.9 Å². The number of thiophene rings is 1. The molecule has 0 atom stereocenters. The van der Waals surface area contributed by atoms with E-state index in [0.29, 0.717) is 13.0 Å². The minimum absolute atomic E-state index is 0.0499. The molecule has 2 amide bonds. The Hall–Kier alpha value is -2.71. The van der Waals surface area contributed by atoms with E-state index in [1.807, 2.05) is 12.1 Å². The first kappa shape index (κ1) is 23.7. The Kier molecular flexibility index (Phi) is 6.33. The fourth-order valence-corrected chi connectivity index (χ4v) is 7.25. The molecule has 1 aromatic heterocycles. The number of imide groups is 1. The summed E-state index contributed by atoms with van der Waals surface area (Å²) in [6.07, 6.45) is 6.43. The number of nitrogens with one attached hydrogen (secondary N) is 1. The minimum atomic E-state index is -0.368. The van der Waals surface area contributed by atoms with Crippen molar-refractivity contribution >= 4 is 45.4 Å². The molecule has 2 saturated heterocycles. The van der Waals surface area contributed by atoms with Crippen molar-refractivity contribution < 1.29 is 9.59 Å². The number of hydrogen-bond donors (Lipinski definition) is 1. The fourth-order valence-electron chi connectivity index (χ4n) is 6.33. The van der Waals surface area contributed by atoms with Crippen LogP contribution in [0.3, 0.4) is 0 Å². The van der Waals surface area contributed by atoms with Crippen LogP contribution < -0.4 is 5.32 Å². The summed E-state index contributed by atoms with van der Waals surface area (Å²) in [6, 6.07) is 10.5. The summed E-state index contributed by atoms with van der Waals surface area (Å²) in [6.45, 7) is 7.37. The van der Waals surface area contributed by atoms with Gasteiger partial charge in [-0.3, -0.25) is 19.4 Å². The first-order chi connectivity index (χ1) is 17.5. The zero-order valence-corrected chi connectivity index (χ0v) is 21.9. The Morgan fingerprint density at radius 3 is 2.61 bits per heavy atom. The summed E-state index contributed by atoms with van der Waals surface area (Å²) >= 11 is 1.78. The lowest BCUT2D eigenvalue weighted by Crippen LogP contribution is -2.49. The van der Waals surface area contributed by atoms with E-state index in [-0.39, 0.29) is 17.2 Å². The molecule has 0 bridgehead atoms. The van der Waals surface area contributed by atoms with Crippen LogP contribution in [0.15, 0.2) is 35.3 Å². The second-order valence-electron chi connectivity index (χ2n) is 10.7. The number of carbonyl (C=O) groups excluding carboxylic acids is 2. The van der Waals surface area contributed by atoms with E-state index < -0.39 is 0 Å². The Morgan fingerprint density at radius 1 is 1.03 bits per heavy atom. The average Bonchev–Trinajstić information content (AvgIpc) is 3.29.